The van der Waals surface area contributed by atoms with Gasteiger partial charge in [0.15, 0.2) is 0 Å². The molecule has 3 aromatic rings. The van der Waals surface area contributed by atoms with Gasteiger partial charge < -0.3 is 4.57 Å². The monoisotopic (exact) mass is 337 g/mol. The number of rotatable bonds is 4. The lowest BCUT2D eigenvalue weighted by Crippen LogP contribution is -2.37. The molecule has 0 saturated carbocycles. The average Bonchev–Trinajstić information content (AvgIpc) is 3.25. The van der Waals surface area contributed by atoms with Crippen molar-refractivity contribution in [1.29, 1.82) is 0 Å². The molecule has 0 bridgehead atoms. The Labute approximate surface area is 147 Å². The minimum atomic E-state index is 0.203. The summed E-state index contributed by atoms with van der Waals surface area (Å²) in [5.41, 5.74) is 1.03. The molecule has 0 fully saturated rings. The highest BCUT2D eigenvalue weighted by Gasteiger charge is 2.29. The summed E-state index contributed by atoms with van der Waals surface area (Å²) >= 11 is 0. The van der Waals surface area contributed by atoms with Crippen LogP contribution >= 0.6 is 0 Å². The topological polar surface area (TPSA) is 64.7 Å². The molecule has 2 aromatic heterocycles. The maximum atomic E-state index is 4.48. The SMILES string of the molecule is CC(C)c1nnc2n1CCN(Cc1ncnn1-c1ccccc1)C2C. The number of aromatic nitrogens is 6. The number of para-hydroxylation sites is 1. The van der Waals surface area contributed by atoms with Crippen molar-refractivity contribution in [1.82, 2.24) is 34.4 Å². The van der Waals surface area contributed by atoms with E-state index in [-0.39, 0.29) is 6.04 Å². The first-order valence-corrected chi connectivity index (χ1v) is 8.76. The number of hydrogen-bond donors (Lipinski definition) is 0. The van der Waals surface area contributed by atoms with Gasteiger partial charge in [0.2, 0.25) is 0 Å². The summed E-state index contributed by atoms with van der Waals surface area (Å²) in [7, 11) is 0. The molecule has 7 nitrogen and oxygen atoms in total. The van der Waals surface area contributed by atoms with Crippen LogP contribution in [-0.4, -0.2) is 41.0 Å². The third-order valence-electron chi connectivity index (χ3n) is 4.82. The smallest absolute Gasteiger partial charge is 0.150 e. The summed E-state index contributed by atoms with van der Waals surface area (Å²) in [6.07, 6.45) is 1.62. The molecule has 130 valence electrons. The summed E-state index contributed by atoms with van der Waals surface area (Å²) in [6.45, 7) is 9.12. The first-order valence-electron chi connectivity index (χ1n) is 8.76. The summed E-state index contributed by atoms with van der Waals surface area (Å²) < 4.78 is 4.18. The minimum Gasteiger partial charge on any atom is -0.312 e. The van der Waals surface area contributed by atoms with E-state index < -0.39 is 0 Å². The first kappa shape index (κ1) is 16.0. The van der Waals surface area contributed by atoms with E-state index in [1.54, 1.807) is 6.33 Å². The number of benzene rings is 1. The van der Waals surface area contributed by atoms with Crippen LogP contribution in [0.5, 0.6) is 0 Å². The van der Waals surface area contributed by atoms with E-state index in [4.69, 9.17) is 0 Å². The van der Waals surface area contributed by atoms with Crippen LogP contribution in [0.4, 0.5) is 0 Å². The fourth-order valence-corrected chi connectivity index (χ4v) is 3.43. The Kier molecular flexibility index (Phi) is 4.09. The molecule has 1 atom stereocenters. The molecule has 1 aromatic carbocycles. The van der Waals surface area contributed by atoms with Gasteiger partial charge in [-0.25, -0.2) is 9.67 Å². The Balaban J connectivity index is 1.58. The molecule has 3 heterocycles. The van der Waals surface area contributed by atoms with E-state index in [1.807, 2.05) is 35.0 Å². The van der Waals surface area contributed by atoms with Crippen LogP contribution < -0.4 is 0 Å². The fourth-order valence-electron chi connectivity index (χ4n) is 3.43. The van der Waals surface area contributed by atoms with Crippen molar-refractivity contribution in [2.45, 2.75) is 45.8 Å². The van der Waals surface area contributed by atoms with Crippen molar-refractivity contribution >= 4 is 0 Å². The number of nitrogens with zero attached hydrogens (tertiary/aromatic N) is 7. The molecule has 0 N–H and O–H groups in total. The van der Waals surface area contributed by atoms with Crippen molar-refractivity contribution in [3.05, 3.63) is 54.1 Å². The molecule has 7 heteroatoms. The van der Waals surface area contributed by atoms with Crippen LogP contribution in [0.1, 0.15) is 50.2 Å². The normalized spacial score (nSPS) is 17.8. The quantitative estimate of drug-likeness (QED) is 0.732. The molecular formula is C18H23N7. The van der Waals surface area contributed by atoms with Gasteiger partial charge in [-0.15, -0.1) is 10.2 Å². The second kappa shape index (κ2) is 6.40. The zero-order valence-corrected chi connectivity index (χ0v) is 14.9. The molecule has 4 rings (SSSR count). The molecule has 0 saturated heterocycles. The van der Waals surface area contributed by atoms with E-state index in [0.29, 0.717) is 5.92 Å². The number of fused-ring (bicyclic) bond motifs is 1. The zero-order valence-electron chi connectivity index (χ0n) is 14.9. The second-order valence-electron chi connectivity index (χ2n) is 6.79. The summed E-state index contributed by atoms with van der Waals surface area (Å²) in [4.78, 5) is 6.86. The fraction of sp³-hybridized carbons (Fsp3) is 0.444. The third-order valence-corrected chi connectivity index (χ3v) is 4.82. The van der Waals surface area contributed by atoms with E-state index in [1.165, 1.54) is 0 Å². The maximum Gasteiger partial charge on any atom is 0.150 e. The lowest BCUT2D eigenvalue weighted by molar-refractivity contribution is 0.150. The highest BCUT2D eigenvalue weighted by Crippen LogP contribution is 2.27. The van der Waals surface area contributed by atoms with Gasteiger partial charge in [0.25, 0.3) is 0 Å². The van der Waals surface area contributed by atoms with Crippen LogP contribution in [-0.2, 0) is 13.1 Å². The van der Waals surface area contributed by atoms with Gasteiger partial charge in [-0.3, -0.25) is 4.90 Å². The van der Waals surface area contributed by atoms with Crippen LogP contribution in [0.2, 0.25) is 0 Å². The molecule has 1 unspecified atom stereocenters. The molecule has 0 aliphatic carbocycles. The Morgan fingerprint density at radius 3 is 2.68 bits per heavy atom. The van der Waals surface area contributed by atoms with Crippen LogP contribution in [0.3, 0.4) is 0 Å². The lowest BCUT2D eigenvalue weighted by Gasteiger charge is -2.33. The van der Waals surface area contributed by atoms with Crippen LogP contribution in [0, 0.1) is 0 Å². The lowest BCUT2D eigenvalue weighted by atomic mass is 10.1. The second-order valence-corrected chi connectivity index (χ2v) is 6.79. The van der Waals surface area contributed by atoms with Gasteiger partial charge in [0.05, 0.1) is 18.3 Å². The Bertz CT molecular complexity index is 849. The zero-order chi connectivity index (χ0) is 17.4. The molecule has 25 heavy (non-hydrogen) atoms. The van der Waals surface area contributed by atoms with Crippen LogP contribution in [0.15, 0.2) is 36.7 Å². The van der Waals surface area contributed by atoms with E-state index >= 15 is 0 Å². The Morgan fingerprint density at radius 2 is 1.92 bits per heavy atom. The molecule has 1 aliphatic rings. The predicted molar refractivity (Wildman–Crippen MR) is 94.3 cm³/mol. The molecule has 0 radical (unpaired) electrons. The first-order chi connectivity index (χ1) is 12.1. The predicted octanol–water partition coefficient (Wildman–Crippen LogP) is 2.56. The Hall–Kier alpha value is -2.54. The van der Waals surface area contributed by atoms with Gasteiger partial charge in [-0.05, 0) is 19.1 Å². The van der Waals surface area contributed by atoms with Crippen molar-refractivity contribution < 1.29 is 0 Å². The van der Waals surface area contributed by atoms with Gasteiger partial charge in [-0.2, -0.15) is 5.10 Å². The summed E-state index contributed by atoms with van der Waals surface area (Å²) in [6, 6.07) is 10.3. The van der Waals surface area contributed by atoms with Gasteiger partial charge in [-0.1, -0.05) is 32.0 Å². The Morgan fingerprint density at radius 1 is 1.12 bits per heavy atom. The highest BCUT2D eigenvalue weighted by molar-refractivity contribution is 5.30. The van der Waals surface area contributed by atoms with E-state index in [0.717, 1.165) is 42.8 Å². The van der Waals surface area contributed by atoms with Crippen molar-refractivity contribution in [2.75, 3.05) is 6.54 Å². The number of hydrogen-bond acceptors (Lipinski definition) is 5. The molecule has 0 amide bonds. The van der Waals surface area contributed by atoms with Crippen LogP contribution in [0.25, 0.3) is 5.69 Å². The van der Waals surface area contributed by atoms with Crippen molar-refractivity contribution in [3.63, 3.8) is 0 Å². The molecule has 0 spiro atoms. The van der Waals surface area contributed by atoms with Gasteiger partial charge >= 0.3 is 0 Å². The highest BCUT2D eigenvalue weighted by atomic mass is 15.4. The van der Waals surface area contributed by atoms with Crippen molar-refractivity contribution in [3.8, 4) is 5.69 Å². The van der Waals surface area contributed by atoms with Gasteiger partial charge in [0, 0.05) is 19.0 Å². The van der Waals surface area contributed by atoms with Gasteiger partial charge in [0.1, 0.15) is 23.8 Å². The van der Waals surface area contributed by atoms with E-state index in [2.05, 4.69) is 50.5 Å². The molecular weight excluding hydrogens is 314 g/mol. The standard InChI is InChI=1S/C18H23N7/c1-13(2)17-21-22-18-14(3)23(9-10-24(17)18)11-16-19-12-20-25(16)15-7-5-4-6-8-15/h4-8,12-14H,9-11H2,1-3H3. The summed E-state index contributed by atoms with van der Waals surface area (Å²) in [5.74, 6) is 3.45. The largest absolute Gasteiger partial charge is 0.312 e. The summed E-state index contributed by atoms with van der Waals surface area (Å²) in [5, 5.41) is 13.2. The van der Waals surface area contributed by atoms with E-state index in [9.17, 15) is 0 Å². The minimum absolute atomic E-state index is 0.203. The maximum absolute atomic E-state index is 4.48. The van der Waals surface area contributed by atoms with Crippen molar-refractivity contribution in [2.24, 2.45) is 0 Å². The molecule has 1 aliphatic heterocycles. The average molecular weight is 337 g/mol. The third kappa shape index (κ3) is 2.84.